The highest BCUT2D eigenvalue weighted by Gasteiger charge is 2.06. The first kappa shape index (κ1) is 14.1. The first-order valence-electron chi connectivity index (χ1n) is 5.96. The molecule has 4 nitrogen and oxygen atoms in total. The number of nitrogens with zero attached hydrogens (tertiary/aromatic N) is 2. The third-order valence-electron chi connectivity index (χ3n) is 2.39. The van der Waals surface area contributed by atoms with E-state index in [2.05, 4.69) is 21.5 Å². The molecule has 0 aliphatic heterocycles. The van der Waals surface area contributed by atoms with Gasteiger partial charge >= 0.3 is 0 Å². The number of hydrogen-bond donors (Lipinski definition) is 1. The monoisotopic (exact) mass is 255 g/mol. The second-order valence-electron chi connectivity index (χ2n) is 3.71. The average Bonchev–Trinajstić information content (AvgIpc) is 2.33. The summed E-state index contributed by atoms with van der Waals surface area (Å²) < 4.78 is 5.43. The summed E-state index contributed by atoms with van der Waals surface area (Å²) in [5.41, 5.74) is 0.985. The molecule has 0 radical (unpaired) electrons. The van der Waals surface area contributed by atoms with E-state index in [4.69, 9.17) is 4.74 Å². The van der Waals surface area contributed by atoms with Crippen molar-refractivity contribution >= 4 is 17.6 Å². The van der Waals surface area contributed by atoms with E-state index in [1.165, 1.54) is 12.2 Å². The van der Waals surface area contributed by atoms with Crippen LogP contribution >= 0.6 is 11.8 Å². The molecule has 17 heavy (non-hydrogen) atoms. The van der Waals surface area contributed by atoms with E-state index in [1.807, 2.05) is 25.6 Å². The quantitative estimate of drug-likeness (QED) is 0.724. The van der Waals surface area contributed by atoms with Gasteiger partial charge in [0.15, 0.2) is 0 Å². The molecule has 0 aliphatic rings. The molecule has 0 spiro atoms. The van der Waals surface area contributed by atoms with Crippen LogP contribution in [0.5, 0.6) is 5.88 Å². The van der Waals surface area contributed by atoms with E-state index in [0.29, 0.717) is 12.5 Å². The number of aromatic nitrogens is 2. The standard InChI is InChI=1S/C12H21N3OS/c1-4-16-12-10(2)11(14-9-15-12)13-7-5-6-8-17-3/h9H,4-8H2,1-3H3,(H,13,14,15). The van der Waals surface area contributed by atoms with E-state index in [9.17, 15) is 0 Å². The lowest BCUT2D eigenvalue weighted by atomic mass is 10.3. The van der Waals surface area contributed by atoms with Crippen LogP contribution in [-0.4, -0.2) is 35.1 Å². The molecule has 1 aromatic heterocycles. The van der Waals surface area contributed by atoms with Crippen molar-refractivity contribution in [3.05, 3.63) is 11.9 Å². The van der Waals surface area contributed by atoms with Gasteiger partial charge in [-0.15, -0.1) is 0 Å². The number of ether oxygens (including phenoxy) is 1. The molecule has 0 amide bonds. The number of hydrogen-bond acceptors (Lipinski definition) is 5. The molecule has 0 unspecified atom stereocenters. The van der Waals surface area contributed by atoms with Crippen LogP contribution in [0, 0.1) is 6.92 Å². The van der Waals surface area contributed by atoms with Crippen molar-refractivity contribution in [2.45, 2.75) is 26.7 Å². The third kappa shape index (κ3) is 4.81. The van der Waals surface area contributed by atoms with Crippen molar-refractivity contribution in [2.24, 2.45) is 0 Å². The van der Waals surface area contributed by atoms with E-state index < -0.39 is 0 Å². The summed E-state index contributed by atoms with van der Waals surface area (Å²) in [6.45, 7) is 5.52. The van der Waals surface area contributed by atoms with Gasteiger partial charge in [-0.2, -0.15) is 11.8 Å². The summed E-state index contributed by atoms with van der Waals surface area (Å²) in [6.07, 6.45) is 6.07. The molecular formula is C12H21N3OS. The third-order valence-corrected chi connectivity index (χ3v) is 3.08. The summed E-state index contributed by atoms with van der Waals surface area (Å²) >= 11 is 1.89. The van der Waals surface area contributed by atoms with Crippen LogP contribution in [0.3, 0.4) is 0 Å². The first-order chi connectivity index (χ1) is 8.29. The first-order valence-corrected chi connectivity index (χ1v) is 7.36. The molecule has 1 heterocycles. The molecule has 0 saturated carbocycles. The molecule has 5 heteroatoms. The molecule has 0 saturated heterocycles. The van der Waals surface area contributed by atoms with Gasteiger partial charge in [0, 0.05) is 6.54 Å². The van der Waals surface area contributed by atoms with Crippen molar-refractivity contribution in [3.63, 3.8) is 0 Å². The molecule has 0 fully saturated rings. The Bertz CT molecular complexity index is 334. The molecule has 96 valence electrons. The van der Waals surface area contributed by atoms with Crippen molar-refractivity contribution in [2.75, 3.05) is 30.5 Å². The second-order valence-corrected chi connectivity index (χ2v) is 4.70. The van der Waals surface area contributed by atoms with Crippen molar-refractivity contribution in [1.82, 2.24) is 9.97 Å². The largest absolute Gasteiger partial charge is 0.478 e. The van der Waals surface area contributed by atoms with E-state index in [-0.39, 0.29) is 0 Å². The Morgan fingerprint density at radius 1 is 1.35 bits per heavy atom. The predicted octanol–water partition coefficient (Wildman–Crippen LogP) is 2.74. The van der Waals surface area contributed by atoms with Crippen LogP contribution in [0.2, 0.25) is 0 Å². The predicted molar refractivity (Wildman–Crippen MR) is 74.0 cm³/mol. The summed E-state index contributed by atoms with van der Waals surface area (Å²) in [5.74, 6) is 2.77. The summed E-state index contributed by atoms with van der Waals surface area (Å²) in [5, 5.41) is 3.33. The van der Waals surface area contributed by atoms with E-state index >= 15 is 0 Å². The van der Waals surface area contributed by atoms with Gasteiger partial charge in [0.2, 0.25) is 5.88 Å². The lowest BCUT2D eigenvalue weighted by molar-refractivity contribution is 0.324. The minimum absolute atomic E-state index is 0.630. The highest BCUT2D eigenvalue weighted by molar-refractivity contribution is 7.98. The van der Waals surface area contributed by atoms with E-state index in [0.717, 1.165) is 24.3 Å². The van der Waals surface area contributed by atoms with Gasteiger partial charge in [-0.3, -0.25) is 0 Å². The van der Waals surface area contributed by atoms with Gasteiger partial charge in [-0.05, 0) is 38.7 Å². The Labute approximate surface area is 108 Å². The van der Waals surface area contributed by atoms with Crippen molar-refractivity contribution in [1.29, 1.82) is 0 Å². The highest BCUT2D eigenvalue weighted by Crippen LogP contribution is 2.20. The van der Waals surface area contributed by atoms with Crippen LogP contribution < -0.4 is 10.1 Å². The van der Waals surface area contributed by atoms with Gasteiger partial charge in [-0.25, -0.2) is 9.97 Å². The summed E-state index contributed by atoms with van der Waals surface area (Å²) in [4.78, 5) is 8.34. The number of thioether (sulfide) groups is 1. The molecule has 0 atom stereocenters. The molecule has 0 aliphatic carbocycles. The van der Waals surface area contributed by atoms with Crippen LogP contribution in [0.25, 0.3) is 0 Å². The van der Waals surface area contributed by atoms with E-state index in [1.54, 1.807) is 6.33 Å². The second kappa shape index (κ2) is 8.17. The summed E-state index contributed by atoms with van der Waals surface area (Å²) in [7, 11) is 0. The van der Waals surface area contributed by atoms with Crippen molar-refractivity contribution < 1.29 is 4.74 Å². The smallest absolute Gasteiger partial charge is 0.221 e. The Morgan fingerprint density at radius 3 is 2.88 bits per heavy atom. The Kier molecular flexibility index (Phi) is 6.77. The lowest BCUT2D eigenvalue weighted by Crippen LogP contribution is -2.07. The number of unbranched alkanes of at least 4 members (excludes halogenated alkanes) is 1. The maximum absolute atomic E-state index is 5.43. The Balaban J connectivity index is 2.44. The SMILES string of the molecule is CCOc1ncnc(NCCCCSC)c1C. The summed E-state index contributed by atoms with van der Waals surface area (Å²) in [6, 6.07) is 0. The fourth-order valence-electron chi connectivity index (χ4n) is 1.47. The van der Waals surface area contributed by atoms with Crippen LogP contribution in [-0.2, 0) is 0 Å². The molecule has 1 rings (SSSR count). The zero-order chi connectivity index (χ0) is 12.5. The Hall–Kier alpha value is -0.970. The van der Waals surface area contributed by atoms with Crippen LogP contribution in [0.4, 0.5) is 5.82 Å². The topological polar surface area (TPSA) is 47.0 Å². The highest BCUT2D eigenvalue weighted by atomic mass is 32.2. The average molecular weight is 255 g/mol. The minimum atomic E-state index is 0.630. The van der Waals surface area contributed by atoms with Crippen LogP contribution in [0.15, 0.2) is 6.33 Å². The molecule has 1 aromatic rings. The fourth-order valence-corrected chi connectivity index (χ4v) is 1.97. The fraction of sp³-hybridized carbons (Fsp3) is 0.667. The molecule has 1 N–H and O–H groups in total. The lowest BCUT2D eigenvalue weighted by Gasteiger charge is -2.11. The zero-order valence-corrected chi connectivity index (χ0v) is 11.6. The molecular weight excluding hydrogens is 234 g/mol. The minimum Gasteiger partial charge on any atom is -0.478 e. The number of rotatable bonds is 8. The van der Waals surface area contributed by atoms with Gasteiger partial charge in [0.1, 0.15) is 12.1 Å². The zero-order valence-electron chi connectivity index (χ0n) is 10.8. The maximum Gasteiger partial charge on any atom is 0.221 e. The Morgan fingerprint density at radius 2 is 2.18 bits per heavy atom. The molecule has 0 aromatic carbocycles. The van der Waals surface area contributed by atoms with Crippen molar-refractivity contribution in [3.8, 4) is 5.88 Å². The van der Waals surface area contributed by atoms with Gasteiger partial charge in [-0.1, -0.05) is 0 Å². The maximum atomic E-state index is 5.43. The van der Waals surface area contributed by atoms with Gasteiger partial charge in [0.25, 0.3) is 0 Å². The van der Waals surface area contributed by atoms with Gasteiger partial charge < -0.3 is 10.1 Å². The molecule has 0 bridgehead atoms. The van der Waals surface area contributed by atoms with Crippen LogP contribution in [0.1, 0.15) is 25.3 Å². The number of nitrogens with one attached hydrogen (secondary N) is 1. The number of anilines is 1. The normalized spacial score (nSPS) is 10.3. The van der Waals surface area contributed by atoms with Gasteiger partial charge in [0.05, 0.1) is 12.2 Å².